The lowest BCUT2D eigenvalue weighted by Gasteiger charge is -2.18. The highest BCUT2D eigenvalue weighted by Crippen LogP contribution is 2.36. The van der Waals surface area contributed by atoms with Gasteiger partial charge in [-0.25, -0.2) is 0 Å². The Labute approximate surface area is 116 Å². The van der Waals surface area contributed by atoms with Crippen molar-refractivity contribution in [1.29, 1.82) is 0 Å². The van der Waals surface area contributed by atoms with E-state index in [-0.39, 0.29) is 16.7 Å². The molecule has 0 radical (unpaired) electrons. The van der Waals surface area contributed by atoms with E-state index in [0.29, 0.717) is 12.2 Å². The summed E-state index contributed by atoms with van der Waals surface area (Å²) >= 11 is 0. The van der Waals surface area contributed by atoms with Crippen LogP contribution in [0.1, 0.15) is 17.2 Å². The van der Waals surface area contributed by atoms with Gasteiger partial charge in [0.25, 0.3) is 5.69 Å². The van der Waals surface area contributed by atoms with Crippen molar-refractivity contribution in [3.05, 3.63) is 69.8 Å². The van der Waals surface area contributed by atoms with Crippen LogP contribution in [0, 0.1) is 10.1 Å². The Kier molecular flexibility index (Phi) is 3.35. The van der Waals surface area contributed by atoms with Crippen LogP contribution in [0.2, 0.25) is 0 Å². The fourth-order valence-electron chi connectivity index (χ4n) is 2.60. The van der Waals surface area contributed by atoms with Crippen LogP contribution in [0.15, 0.2) is 48.5 Å². The molecule has 3 rings (SSSR count). The molecule has 2 N–H and O–H groups in total. The Balaban J connectivity index is 2.13. The molecule has 20 heavy (non-hydrogen) atoms. The number of hydrogen-bond acceptors (Lipinski definition) is 4. The van der Waals surface area contributed by atoms with E-state index in [1.54, 1.807) is 12.1 Å². The molecule has 0 fully saturated rings. The molecule has 2 aromatic carbocycles. The number of nitrogens with one attached hydrogen (secondary N) is 2. The molecule has 0 bridgehead atoms. The summed E-state index contributed by atoms with van der Waals surface area (Å²) in [6, 6.07) is 15.2. The number of hydrogen-bond donors (Lipinski definition) is 2. The Bertz CT molecular complexity index is 628. The molecular formula is C15H15N3O2. The van der Waals surface area contributed by atoms with Crippen LogP contribution in [0.25, 0.3) is 0 Å². The van der Waals surface area contributed by atoms with E-state index in [9.17, 15) is 10.1 Å². The zero-order valence-corrected chi connectivity index (χ0v) is 10.9. The molecule has 5 nitrogen and oxygen atoms in total. The first-order chi connectivity index (χ1) is 9.77. The van der Waals surface area contributed by atoms with Crippen LogP contribution in [-0.2, 0) is 0 Å². The van der Waals surface area contributed by atoms with Crippen molar-refractivity contribution in [2.24, 2.45) is 0 Å². The smallest absolute Gasteiger partial charge is 0.292 e. The molecule has 0 saturated heterocycles. The summed E-state index contributed by atoms with van der Waals surface area (Å²) in [4.78, 5) is 10.8. The third-order valence-corrected chi connectivity index (χ3v) is 3.49. The number of anilines is 1. The van der Waals surface area contributed by atoms with Crippen LogP contribution in [0.4, 0.5) is 11.4 Å². The van der Waals surface area contributed by atoms with Gasteiger partial charge in [0.1, 0.15) is 5.69 Å². The Morgan fingerprint density at radius 2 is 1.85 bits per heavy atom. The van der Waals surface area contributed by atoms with Gasteiger partial charge in [0, 0.05) is 24.7 Å². The molecule has 0 aromatic heterocycles. The van der Waals surface area contributed by atoms with Crippen molar-refractivity contribution in [1.82, 2.24) is 5.32 Å². The van der Waals surface area contributed by atoms with Crippen molar-refractivity contribution >= 4 is 11.4 Å². The largest absolute Gasteiger partial charge is 0.378 e. The first-order valence-corrected chi connectivity index (χ1v) is 6.57. The summed E-state index contributed by atoms with van der Waals surface area (Å²) in [5.41, 5.74) is 2.78. The predicted octanol–water partition coefficient (Wildman–Crippen LogP) is 2.70. The number of nitro groups is 1. The van der Waals surface area contributed by atoms with Gasteiger partial charge < -0.3 is 10.6 Å². The van der Waals surface area contributed by atoms with Gasteiger partial charge in [0.15, 0.2) is 0 Å². The molecule has 102 valence electrons. The molecule has 5 heteroatoms. The fourth-order valence-corrected chi connectivity index (χ4v) is 2.60. The van der Waals surface area contributed by atoms with E-state index in [1.807, 2.05) is 36.4 Å². The molecule has 0 aliphatic carbocycles. The molecule has 1 aliphatic rings. The number of para-hydroxylation sites is 1. The van der Waals surface area contributed by atoms with Gasteiger partial charge in [-0.05, 0) is 5.56 Å². The maximum atomic E-state index is 11.2. The van der Waals surface area contributed by atoms with Gasteiger partial charge in [0.2, 0.25) is 0 Å². The number of rotatable bonds is 2. The molecule has 0 amide bonds. The normalized spacial score (nSPS) is 17.7. The van der Waals surface area contributed by atoms with Crippen LogP contribution in [-0.4, -0.2) is 18.0 Å². The van der Waals surface area contributed by atoms with E-state index >= 15 is 0 Å². The Morgan fingerprint density at radius 1 is 1.05 bits per heavy atom. The zero-order valence-electron chi connectivity index (χ0n) is 10.9. The topological polar surface area (TPSA) is 67.2 Å². The highest BCUT2D eigenvalue weighted by Gasteiger charge is 2.25. The molecule has 1 unspecified atom stereocenters. The maximum absolute atomic E-state index is 11.2. The predicted molar refractivity (Wildman–Crippen MR) is 77.9 cm³/mol. The second-order valence-electron chi connectivity index (χ2n) is 4.72. The van der Waals surface area contributed by atoms with E-state index in [4.69, 9.17) is 0 Å². The Hall–Kier alpha value is -2.40. The summed E-state index contributed by atoms with van der Waals surface area (Å²) in [6.07, 6.45) is 0. The third kappa shape index (κ3) is 2.23. The van der Waals surface area contributed by atoms with Crippen molar-refractivity contribution in [2.75, 3.05) is 18.4 Å². The first-order valence-electron chi connectivity index (χ1n) is 6.57. The zero-order chi connectivity index (χ0) is 13.9. The molecular weight excluding hydrogens is 254 g/mol. The average Bonchev–Trinajstić information content (AvgIpc) is 2.70. The van der Waals surface area contributed by atoms with Gasteiger partial charge in [-0.3, -0.25) is 10.1 Å². The first kappa shape index (κ1) is 12.6. The summed E-state index contributed by atoms with van der Waals surface area (Å²) in [5.74, 6) is 0. The SMILES string of the molecule is O=[N+]([O-])c1cccc2c1NCCNC2c1ccccc1. The number of benzene rings is 2. The second kappa shape index (κ2) is 5.30. The van der Waals surface area contributed by atoms with Gasteiger partial charge in [-0.2, -0.15) is 0 Å². The summed E-state index contributed by atoms with van der Waals surface area (Å²) < 4.78 is 0. The number of fused-ring (bicyclic) bond motifs is 1. The summed E-state index contributed by atoms with van der Waals surface area (Å²) in [7, 11) is 0. The fraction of sp³-hybridized carbons (Fsp3) is 0.200. The van der Waals surface area contributed by atoms with Crippen LogP contribution in [0.3, 0.4) is 0 Å². The average molecular weight is 269 g/mol. The number of nitro benzene ring substituents is 1. The van der Waals surface area contributed by atoms with Crippen molar-refractivity contribution in [3.8, 4) is 0 Å². The highest BCUT2D eigenvalue weighted by molar-refractivity contribution is 5.68. The monoisotopic (exact) mass is 269 g/mol. The molecule has 1 aliphatic heterocycles. The molecule has 1 atom stereocenters. The van der Waals surface area contributed by atoms with Crippen LogP contribution in [0.5, 0.6) is 0 Å². The minimum absolute atomic E-state index is 0.0268. The summed E-state index contributed by atoms with van der Waals surface area (Å²) in [5, 5.41) is 17.8. The lowest BCUT2D eigenvalue weighted by Crippen LogP contribution is -2.23. The van der Waals surface area contributed by atoms with E-state index in [2.05, 4.69) is 10.6 Å². The van der Waals surface area contributed by atoms with Crippen molar-refractivity contribution in [2.45, 2.75) is 6.04 Å². The molecule has 0 spiro atoms. The molecule has 2 aromatic rings. The van der Waals surface area contributed by atoms with Gasteiger partial charge in [0.05, 0.1) is 11.0 Å². The number of nitrogens with zero attached hydrogens (tertiary/aromatic N) is 1. The molecule has 0 saturated carbocycles. The maximum Gasteiger partial charge on any atom is 0.292 e. The van der Waals surface area contributed by atoms with Crippen molar-refractivity contribution in [3.63, 3.8) is 0 Å². The van der Waals surface area contributed by atoms with E-state index in [1.165, 1.54) is 0 Å². The van der Waals surface area contributed by atoms with E-state index < -0.39 is 0 Å². The standard InChI is InChI=1S/C15H15N3O2/c19-18(20)13-8-4-7-12-14(11-5-2-1-3-6-11)16-9-10-17-15(12)13/h1-8,14,16-17H,9-10H2. The quantitative estimate of drug-likeness (QED) is 0.649. The van der Waals surface area contributed by atoms with E-state index in [0.717, 1.165) is 17.7 Å². The van der Waals surface area contributed by atoms with Gasteiger partial charge in [-0.1, -0.05) is 42.5 Å². The second-order valence-corrected chi connectivity index (χ2v) is 4.72. The van der Waals surface area contributed by atoms with Crippen LogP contribution < -0.4 is 10.6 Å². The lowest BCUT2D eigenvalue weighted by molar-refractivity contribution is -0.384. The Morgan fingerprint density at radius 3 is 2.60 bits per heavy atom. The highest BCUT2D eigenvalue weighted by atomic mass is 16.6. The molecule has 1 heterocycles. The minimum atomic E-state index is -0.334. The lowest BCUT2D eigenvalue weighted by atomic mass is 9.97. The summed E-state index contributed by atoms with van der Waals surface area (Å²) in [6.45, 7) is 1.42. The van der Waals surface area contributed by atoms with Crippen LogP contribution >= 0.6 is 0 Å². The van der Waals surface area contributed by atoms with Gasteiger partial charge in [-0.15, -0.1) is 0 Å². The third-order valence-electron chi connectivity index (χ3n) is 3.49. The minimum Gasteiger partial charge on any atom is -0.378 e. The van der Waals surface area contributed by atoms with Gasteiger partial charge >= 0.3 is 0 Å². The van der Waals surface area contributed by atoms with Crippen molar-refractivity contribution < 1.29 is 4.92 Å².